The molecule has 0 aromatic heterocycles. The number of halogens is 1. The third-order valence-electron chi connectivity index (χ3n) is 3.00. The van der Waals surface area contributed by atoms with Gasteiger partial charge in [-0.25, -0.2) is 4.39 Å². The second-order valence-electron chi connectivity index (χ2n) is 4.91. The van der Waals surface area contributed by atoms with E-state index in [2.05, 4.69) is 5.32 Å². The van der Waals surface area contributed by atoms with Gasteiger partial charge in [0, 0.05) is 24.8 Å². The van der Waals surface area contributed by atoms with E-state index < -0.39 is 6.04 Å². The van der Waals surface area contributed by atoms with Gasteiger partial charge in [0.15, 0.2) is 0 Å². The van der Waals surface area contributed by atoms with Gasteiger partial charge in [0.2, 0.25) is 0 Å². The third-order valence-corrected chi connectivity index (χ3v) is 3.00. The highest BCUT2D eigenvalue weighted by atomic mass is 19.1. The first-order valence-corrected chi connectivity index (χ1v) is 6.82. The highest BCUT2D eigenvalue weighted by molar-refractivity contribution is 5.76. The van der Waals surface area contributed by atoms with Gasteiger partial charge in [-0.05, 0) is 31.2 Å². The number of rotatable bonds is 7. The molecule has 0 aliphatic carbocycles. The Morgan fingerprint density at radius 1 is 1.35 bits per heavy atom. The average Bonchev–Trinajstić information content (AvgIpc) is 2.43. The summed E-state index contributed by atoms with van der Waals surface area (Å²) < 4.78 is 17.8. The van der Waals surface area contributed by atoms with Crippen molar-refractivity contribution in [1.82, 2.24) is 5.32 Å². The van der Waals surface area contributed by atoms with Crippen molar-refractivity contribution in [3.8, 4) is 0 Å². The van der Waals surface area contributed by atoms with E-state index >= 15 is 0 Å². The number of carbonyl (C=O) groups is 1. The summed E-state index contributed by atoms with van der Waals surface area (Å²) >= 11 is 0. The first-order chi connectivity index (χ1) is 9.47. The van der Waals surface area contributed by atoms with Crippen molar-refractivity contribution < 1.29 is 13.9 Å². The molecule has 1 N–H and O–H groups in total. The first kappa shape index (κ1) is 16.4. The molecule has 0 fully saturated rings. The highest BCUT2D eigenvalue weighted by Crippen LogP contribution is 2.15. The molecule has 1 atom stereocenters. The number of hydrogen-bond acceptors (Lipinski definition) is 4. The minimum absolute atomic E-state index is 0.172. The van der Waals surface area contributed by atoms with Crippen LogP contribution in [-0.4, -0.2) is 38.3 Å². The normalized spacial score (nSPS) is 12.3. The van der Waals surface area contributed by atoms with Crippen molar-refractivity contribution in [2.45, 2.75) is 32.9 Å². The molecule has 20 heavy (non-hydrogen) atoms. The van der Waals surface area contributed by atoms with Crippen LogP contribution in [0, 0.1) is 5.82 Å². The summed E-state index contributed by atoms with van der Waals surface area (Å²) in [5.41, 5.74) is 0.883. The van der Waals surface area contributed by atoms with E-state index in [1.165, 1.54) is 19.2 Å². The van der Waals surface area contributed by atoms with Crippen molar-refractivity contribution >= 4 is 11.7 Å². The number of methoxy groups -OCH3 is 1. The minimum Gasteiger partial charge on any atom is -0.468 e. The molecule has 0 aliphatic heterocycles. The first-order valence-electron chi connectivity index (χ1n) is 6.82. The molecule has 112 valence electrons. The maximum atomic E-state index is 13.0. The molecular weight excluding hydrogens is 259 g/mol. The lowest BCUT2D eigenvalue weighted by Gasteiger charge is -2.28. The second kappa shape index (κ2) is 7.85. The van der Waals surface area contributed by atoms with Gasteiger partial charge >= 0.3 is 5.97 Å². The Morgan fingerprint density at radius 2 is 1.95 bits per heavy atom. The van der Waals surface area contributed by atoms with Crippen LogP contribution in [0.25, 0.3) is 0 Å². The molecule has 5 heteroatoms. The summed E-state index contributed by atoms with van der Waals surface area (Å²) in [7, 11) is 1.38. The van der Waals surface area contributed by atoms with E-state index in [0.29, 0.717) is 6.54 Å². The fraction of sp³-hybridized carbons (Fsp3) is 0.533. The van der Waals surface area contributed by atoms with Gasteiger partial charge in [-0.1, -0.05) is 13.8 Å². The van der Waals surface area contributed by atoms with E-state index in [9.17, 15) is 9.18 Å². The molecule has 0 amide bonds. The SMILES string of the molecule is CCN(CC(NC(C)C)C(=O)OC)c1ccc(F)cc1. The number of hydrogen-bond donors (Lipinski definition) is 1. The topological polar surface area (TPSA) is 41.6 Å². The monoisotopic (exact) mass is 282 g/mol. The van der Waals surface area contributed by atoms with Gasteiger partial charge in [-0.15, -0.1) is 0 Å². The zero-order chi connectivity index (χ0) is 15.1. The molecule has 0 aliphatic rings. The van der Waals surface area contributed by atoms with Crippen LogP contribution in [-0.2, 0) is 9.53 Å². The number of carbonyl (C=O) groups excluding carboxylic acids is 1. The van der Waals surface area contributed by atoms with Crippen LogP contribution in [0.1, 0.15) is 20.8 Å². The summed E-state index contributed by atoms with van der Waals surface area (Å²) in [4.78, 5) is 13.8. The molecule has 0 spiro atoms. The lowest BCUT2D eigenvalue weighted by molar-refractivity contribution is -0.143. The Bertz CT molecular complexity index is 420. The Hall–Kier alpha value is -1.62. The zero-order valence-corrected chi connectivity index (χ0v) is 12.5. The Balaban J connectivity index is 2.82. The molecule has 0 saturated carbocycles. The van der Waals surface area contributed by atoms with Gasteiger partial charge in [-0.2, -0.15) is 0 Å². The van der Waals surface area contributed by atoms with Gasteiger partial charge in [0.05, 0.1) is 7.11 Å². The van der Waals surface area contributed by atoms with Crippen LogP contribution < -0.4 is 10.2 Å². The van der Waals surface area contributed by atoms with Crippen molar-refractivity contribution in [3.63, 3.8) is 0 Å². The summed E-state index contributed by atoms with van der Waals surface area (Å²) in [5.74, 6) is -0.561. The average molecular weight is 282 g/mol. The molecule has 4 nitrogen and oxygen atoms in total. The third kappa shape index (κ3) is 4.81. The number of esters is 1. The van der Waals surface area contributed by atoms with Gasteiger partial charge in [0.1, 0.15) is 11.9 Å². The minimum atomic E-state index is -0.412. The second-order valence-corrected chi connectivity index (χ2v) is 4.91. The van der Waals surface area contributed by atoms with Gasteiger partial charge in [-0.3, -0.25) is 4.79 Å². The van der Waals surface area contributed by atoms with Crippen LogP contribution in [0.3, 0.4) is 0 Å². The lowest BCUT2D eigenvalue weighted by atomic mass is 10.2. The summed E-state index contributed by atoms with van der Waals surface area (Å²) in [5, 5.41) is 3.19. The molecular formula is C15H23FN2O2. The quantitative estimate of drug-likeness (QED) is 0.778. The number of anilines is 1. The zero-order valence-electron chi connectivity index (χ0n) is 12.5. The van der Waals surface area contributed by atoms with E-state index in [1.807, 2.05) is 25.7 Å². The Morgan fingerprint density at radius 3 is 2.40 bits per heavy atom. The fourth-order valence-electron chi connectivity index (χ4n) is 2.03. The fourth-order valence-corrected chi connectivity index (χ4v) is 2.03. The van der Waals surface area contributed by atoms with E-state index in [-0.39, 0.29) is 17.8 Å². The smallest absolute Gasteiger partial charge is 0.324 e. The molecule has 0 saturated heterocycles. The van der Waals surface area contributed by atoms with Crippen molar-refractivity contribution in [2.75, 3.05) is 25.1 Å². The molecule has 0 bridgehead atoms. The summed E-state index contributed by atoms with van der Waals surface area (Å²) in [6.07, 6.45) is 0. The standard InChI is InChI=1S/C15H23FN2O2/c1-5-18(13-8-6-12(16)7-9-13)10-14(15(19)20-4)17-11(2)3/h6-9,11,14,17H,5,10H2,1-4H3. The number of nitrogens with zero attached hydrogens (tertiary/aromatic N) is 1. The van der Waals surface area contributed by atoms with Crippen LogP contribution in [0.5, 0.6) is 0 Å². The van der Waals surface area contributed by atoms with E-state index in [1.54, 1.807) is 12.1 Å². The van der Waals surface area contributed by atoms with E-state index in [0.717, 1.165) is 12.2 Å². The maximum absolute atomic E-state index is 13.0. The number of benzene rings is 1. The van der Waals surface area contributed by atoms with Gasteiger partial charge in [0.25, 0.3) is 0 Å². The summed E-state index contributed by atoms with van der Waals surface area (Å²) in [6.45, 7) is 7.15. The molecule has 1 rings (SSSR count). The Labute approximate surface area is 119 Å². The lowest BCUT2D eigenvalue weighted by Crippen LogP contribution is -2.49. The van der Waals surface area contributed by atoms with Crippen molar-refractivity contribution in [2.24, 2.45) is 0 Å². The number of likely N-dealkylation sites (N-methyl/N-ethyl adjacent to an activating group) is 1. The molecule has 1 unspecified atom stereocenters. The largest absolute Gasteiger partial charge is 0.468 e. The number of ether oxygens (including phenoxy) is 1. The maximum Gasteiger partial charge on any atom is 0.324 e. The highest BCUT2D eigenvalue weighted by Gasteiger charge is 2.22. The van der Waals surface area contributed by atoms with Crippen molar-refractivity contribution in [3.05, 3.63) is 30.1 Å². The van der Waals surface area contributed by atoms with Crippen LogP contribution >= 0.6 is 0 Å². The molecule has 1 aromatic carbocycles. The molecule has 0 heterocycles. The number of nitrogens with one attached hydrogen (secondary N) is 1. The van der Waals surface area contributed by atoms with E-state index in [4.69, 9.17) is 4.74 Å². The van der Waals surface area contributed by atoms with Crippen LogP contribution in [0.2, 0.25) is 0 Å². The molecule has 1 aromatic rings. The van der Waals surface area contributed by atoms with Gasteiger partial charge < -0.3 is 15.0 Å². The van der Waals surface area contributed by atoms with Crippen LogP contribution in [0.4, 0.5) is 10.1 Å². The predicted molar refractivity (Wildman–Crippen MR) is 78.4 cm³/mol. The Kier molecular flexibility index (Phi) is 6.45. The van der Waals surface area contributed by atoms with Crippen LogP contribution in [0.15, 0.2) is 24.3 Å². The predicted octanol–water partition coefficient (Wildman–Crippen LogP) is 2.19. The molecule has 0 radical (unpaired) electrons. The van der Waals surface area contributed by atoms with Crippen molar-refractivity contribution in [1.29, 1.82) is 0 Å². The summed E-state index contributed by atoms with van der Waals surface area (Å²) in [6, 6.07) is 6.02.